The van der Waals surface area contributed by atoms with Crippen LogP contribution in [0.3, 0.4) is 0 Å². The molecule has 0 bridgehead atoms. The molecule has 0 saturated carbocycles. The van der Waals surface area contributed by atoms with E-state index in [0.29, 0.717) is 5.92 Å². The molecule has 4 heterocycles. The third-order valence-electron chi connectivity index (χ3n) is 5.55. The highest BCUT2D eigenvalue weighted by atomic mass is 32.2. The molecule has 0 amide bonds. The van der Waals surface area contributed by atoms with Crippen LogP contribution in [0.15, 0.2) is 17.4 Å². The van der Waals surface area contributed by atoms with Crippen LogP contribution in [0, 0.1) is 0 Å². The van der Waals surface area contributed by atoms with E-state index < -0.39 is 0 Å². The van der Waals surface area contributed by atoms with E-state index >= 15 is 0 Å². The number of thioether (sulfide) groups is 1. The molecule has 0 aliphatic carbocycles. The predicted molar refractivity (Wildman–Crippen MR) is 104 cm³/mol. The van der Waals surface area contributed by atoms with Gasteiger partial charge in [-0.3, -0.25) is 4.90 Å². The average molecular weight is 374 g/mol. The highest BCUT2D eigenvalue weighted by Gasteiger charge is 2.26. The number of rotatable bonds is 5. The molecule has 8 heteroatoms. The van der Waals surface area contributed by atoms with Crippen molar-refractivity contribution in [1.82, 2.24) is 29.6 Å². The van der Waals surface area contributed by atoms with Crippen LogP contribution in [-0.4, -0.2) is 62.1 Å². The molecule has 2 aliphatic heterocycles. The summed E-state index contributed by atoms with van der Waals surface area (Å²) in [6.45, 7) is 5.32. The van der Waals surface area contributed by atoms with Crippen molar-refractivity contribution in [2.24, 2.45) is 7.05 Å². The molecule has 0 aromatic carbocycles. The van der Waals surface area contributed by atoms with E-state index in [1.807, 2.05) is 18.5 Å². The monoisotopic (exact) mass is 373 g/mol. The van der Waals surface area contributed by atoms with Crippen molar-refractivity contribution >= 4 is 17.6 Å². The third kappa shape index (κ3) is 3.71. The lowest BCUT2D eigenvalue weighted by Crippen LogP contribution is -2.34. The SMILES string of the molecule is CSc1nccc(N2CCC(c3nnc(CN4CCCC4)n3C)CC2)n1. The Hall–Kier alpha value is -1.67. The van der Waals surface area contributed by atoms with Crippen LogP contribution in [0.25, 0.3) is 0 Å². The molecule has 4 rings (SSSR count). The normalized spacial score (nSPS) is 19.4. The summed E-state index contributed by atoms with van der Waals surface area (Å²) in [4.78, 5) is 13.7. The Kier molecular flexibility index (Phi) is 5.40. The fourth-order valence-electron chi connectivity index (χ4n) is 3.98. The van der Waals surface area contributed by atoms with Crippen molar-refractivity contribution in [1.29, 1.82) is 0 Å². The van der Waals surface area contributed by atoms with Crippen molar-refractivity contribution in [3.05, 3.63) is 23.9 Å². The summed E-state index contributed by atoms with van der Waals surface area (Å²) in [7, 11) is 2.13. The van der Waals surface area contributed by atoms with E-state index in [0.717, 1.165) is 55.1 Å². The number of hydrogen-bond acceptors (Lipinski definition) is 7. The van der Waals surface area contributed by atoms with Gasteiger partial charge in [0.05, 0.1) is 6.54 Å². The minimum Gasteiger partial charge on any atom is -0.356 e. The average Bonchev–Trinajstić information content (AvgIpc) is 3.33. The van der Waals surface area contributed by atoms with Crippen LogP contribution >= 0.6 is 11.8 Å². The Morgan fingerprint density at radius 2 is 1.88 bits per heavy atom. The van der Waals surface area contributed by atoms with Gasteiger partial charge in [-0.2, -0.15) is 0 Å². The lowest BCUT2D eigenvalue weighted by molar-refractivity contribution is 0.317. The lowest BCUT2D eigenvalue weighted by Gasteiger charge is -2.32. The van der Waals surface area contributed by atoms with E-state index in [9.17, 15) is 0 Å². The molecular weight excluding hydrogens is 346 g/mol. The minimum absolute atomic E-state index is 0.484. The van der Waals surface area contributed by atoms with E-state index in [2.05, 4.69) is 41.6 Å². The minimum atomic E-state index is 0.484. The van der Waals surface area contributed by atoms with Crippen molar-refractivity contribution in [2.45, 2.75) is 43.3 Å². The zero-order valence-electron chi connectivity index (χ0n) is 15.6. The quantitative estimate of drug-likeness (QED) is 0.589. The van der Waals surface area contributed by atoms with Gasteiger partial charge in [0.15, 0.2) is 5.16 Å². The molecule has 2 aromatic heterocycles. The zero-order valence-corrected chi connectivity index (χ0v) is 16.5. The molecule has 7 nitrogen and oxygen atoms in total. The number of likely N-dealkylation sites (tertiary alicyclic amines) is 1. The van der Waals surface area contributed by atoms with Crippen molar-refractivity contribution in [3.8, 4) is 0 Å². The maximum absolute atomic E-state index is 4.63. The molecule has 2 saturated heterocycles. The summed E-state index contributed by atoms with van der Waals surface area (Å²) in [6, 6.07) is 2.01. The number of nitrogens with zero attached hydrogens (tertiary/aromatic N) is 7. The zero-order chi connectivity index (χ0) is 17.9. The van der Waals surface area contributed by atoms with E-state index in [1.165, 1.54) is 25.9 Å². The van der Waals surface area contributed by atoms with Gasteiger partial charge in [-0.05, 0) is 51.1 Å². The Morgan fingerprint density at radius 3 is 2.62 bits per heavy atom. The molecule has 0 spiro atoms. The Morgan fingerprint density at radius 1 is 1.12 bits per heavy atom. The summed E-state index contributed by atoms with van der Waals surface area (Å²) < 4.78 is 2.23. The number of anilines is 1. The van der Waals surface area contributed by atoms with Gasteiger partial charge in [0.2, 0.25) is 0 Å². The fraction of sp³-hybridized carbons (Fsp3) is 0.667. The summed E-state index contributed by atoms with van der Waals surface area (Å²) in [5.74, 6) is 3.77. The number of hydrogen-bond donors (Lipinski definition) is 0. The Labute approximate surface area is 159 Å². The van der Waals surface area contributed by atoms with Gasteiger partial charge in [0.25, 0.3) is 0 Å². The smallest absolute Gasteiger partial charge is 0.189 e. The van der Waals surface area contributed by atoms with E-state index in [-0.39, 0.29) is 0 Å². The van der Waals surface area contributed by atoms with Crippen LogP contribution in [-0.2, 0) is 13.6 Å². The molecule has 140 valence electrons. The van der Waals surface area contributed by atoms with Crippen LogP contribution in [0.2, 0.25) is 0 Å². The summed E-state index contributed by atoms with van der Waals surface area (Å²) in [5, 5.41) is 9.87. The molecular formula is C18H27N7S. The van der Waals surface area contributed by atoms with Gasteiger partial charge in [-0.25, -0.2) is 9.97 Å². The largest absolute Gasteiger partial charge is 0.356 e. The van der Waals surface area contributed by atoms with Gasteiger partial charge < -0.3 is 9.47 Å². The topological polar surface area (TPSA) is 63.0 Å². The maximum Gasteiger partial charge on any atom is 0.189 e. The maximum atomic E-state index is 4.63. The summed E-state index contributed by atoms with van der Waals surface area (Å²) in [5.41, 5.74) is 0. The van der Waals surface area contributed by atoms with Crippen molar-refractivity contribution in [3.63, 3.8) is 0 Å². The van der Waals surface area contributed by atoms with E-state index in [4.69, 9.17) is 0 Å². The molecule has 0 N–H and O–H groups in total. The third-order valence-corrected chi connectivity index (χ3v) is 6.11. The first-order chi connectivity index (χ1) is 12.7. The van der Waals surface area contributed by atoms with Crippen LogP contribution in [0.5, 0.6) is 0 Å². The molecule has 0 atom stereocenters. The molecule has 2 aliphatic rings. The molecule has 2 fully saturated rings. The van der Waals surface area contributed by atoms with Crippen molar-refractivity contribution < 1.29 is 0 Å². The molecule has 26 heavy (non-hydrogen) atoms. The molecule has 0 unspecified atom stereocenters. The first kappa shape index (κ1) is 17.7. The summed E-state index contributed by atoms with van der Waals surface area (Å²) in [6.07, 6.45) is 8.67. The Bertz CT molecular complexity index is 733. The highest BCUT2D eigenvalue weighted by molar-refractivity contribution is 7.98. The second-order valence-corrected chi connectivity index (χ2v) is 7.95. The van der Waals surface area contributed by atoms with Gasteiger partial charge in [-0.15, -0.1) is 10.2 Å². The second kappa shape index (κ2) is 7.92. The second-order valence-electron chi connectivity index (χ2n) is 7.18. The van der Waals surface area contributed by atoms with Crippen LogP contribution < -0.4 is 4.90 Å². The first-order valence-electron chi connectivity index (χ1n) is 9.47. The molecule has 2 aromatic rings. The van der Waals surface area contributed by atoms with E-state index in [1.54, 1.807) is 11.8 Å². The molecule has 0 radical (unpaired) electrons. The Balaban J connectivity index is 1.39. The van der Waals surface area contributed by atoms with Gasteiger partial charge in [0, 0.05) is 32.3 Å². The van der Waals surface area contributed by atoms with Gasteiger partial charge >= 0.3 is 0 Å². The highest BCUT2D eigenvalue weighted by Crippen LogP contribution is 2.29. The predicted octanol–water partition coefficient (Wildman–Crippen LogP) is 2.31. The fourth-order valence-corrected chi connectivity index (χ4v) is 4.33. The van der Waals surface area contributed by atoms with Crippen molar-refractivity contribution in [2.75, 3.05) is 37.3 Å². The van der Waals surface area contributed by atoms with Gasteiger partial charge in [-0.1, -0.05) is 11.8 Å². The van der Waals surface area contributed by atoms with Crippen LogP contribution in [0.4, 0.5) is 5.82 Å². The first-order valence-corrected chi connectivity index (χ1v) is 10.7. The lowest BCUT2D eigenvalue weighted by atomic mass is 9.96. The van der Waals surface area contributed by atoms with Crippen LogP contribution in [0.1, 0.15) is 43.3 Å². The summed E-state index contributed by atoms with van der Waals surface area (Å²) >= 11 is 1.59. The van der Waals surface area contributed by atoms with Gasteiger partial charge in [0.1, 0.15) is 17.5 Å². The standard InChI is InChI=1S/C18H27N7S/c1-23-16(13-24-9-3-4-10-24)21-22-17(23)14-6-11-25(12-7-14)15-5-8-19-18(20-15)26-2/h5,8,14H,3-4,6-7,9-13H2,1-2H3. The number of aromatic nitrogens is 5. The number of piperidine rings is 1.